The van der Waals surface area contributed by atoms with Gasteiger partial charge in [-0.2, -0.15) is 0 Å². The van der Waals surface area contributed by atoms with Gasteiger partial charge in [-0.1, -0.05) is 18.2 Å². The van der Waals surface area contributed by atoms with Crippen molar-refractivity contribution >= 4 is 11.6 Å². The largest absolute Gasteiger partial charge is 0.396 e. The number of para-hydroxylation sites is 1. The Balaban J connectivity index is 1.76. The van der Waals surface area contributed by atoms with E-state index in [9.17, 15) is 20.1 Å². The highest BCUT2D eigenvalue weighted by molar-refractivity contribution is 5.76. The number of hydrogen-bond donors (Lipinski definition) is 3. The highest BCUT2D eigenvalue weighted by Crippen LogP contribution is 2.25. The zero-order valence-corrected chi connectivity index (χ0v) is 15.7. The molecule has 0 atom stereocenters. The third-order valence-corrected chi connectivity index (χ3v) is 5.63. The lowest BCUT2D eigenvalue weighted by atomic mass is 9.85. The summed E-state index contributed by atoms with van der Waals surface area (Å²) in [5, 5.41) is 28.0. The average molecular weight is 364 g/mol. The van der Waals surface area contributed by atoms with E-state index >= 15 is 0 Å². The van der Waals surface area contributed by atoms with E-state index in [1.54, 1.807) is 0 Å². The number of amides is 1. The van der Waals surface area contributed by atoms with E-state index in [0.29, 0.717) is 25.3 Å². The first-order valence-corrected chi connectivity index (χ1v) is 9.43. The molecule has 0 saturated carbocycles. The number of piperidine rings is 1. The maximum Gasteiger partial charge on any atom is 0.222 e. The number of benzene rings is 1. The van der Waals surface area contributed by atoms with E-state index in [1.807, 2.05) is 23.1 Å². The van der Waals surface area contributed by atoms with Crippen LogP contribution in [0.3, 0.4) is 0 Å². The summed E-state index contributed by atoms with van der Waals surface area (Å²) in [4.78, 5) is 16.6. The van der Waals surface area contributed by atoms with Gasteiger partial charge < -0.3 is 25.1 Å². The van der Waals surface area contributed by atoms with Crippen molar-refractivity contribution < 1.29 is 20.1 Å². The predicted molar refractivity (Wildman–Crippen MR) is 102 cm³/mol. The van der Waals surface area contributed by atoms with Crippen molar-refractivity contribution in [3.8, 4) is 0 Å². The summed E-state index contributed by atoms with van der Waals surface area (Å²) in [5.74, 6) is 0.119. The molecular weight excluding hydrogens is 332 g/mol. The maximum absolute atomic E-state index is 12.4. The Bertz CT molecular complexity index is 532. The van der Waals surface area contributed by atoms with E-state index < -0.39 is 5.41 Å². The van der Waals surface area contributed by atoms with Crippen molar-refractivity contribution in [3.05, 3.63) is 30.3 Å². The van der Waals surface area contributed by atoms with Gasteiger partial charge >= 0.3 is 0 Å². The van der Waals surface area contributed by atoms with Crippen LogP contribution in [0.5, 0.6) is 0 Å². The molecular formula is C20H32N2O4. The fourth-order valence-electron chi connectivity index (χ4n) is 3.54. The number of likely N-dealkylation sites (tertiary alicyclic amines) is 1. The number of rotatable bonds is 9. The fourth-order valence-corrected chi connectivity index (χ4v) is 3.54. The Hall–Kier alpha value is -1.63. The molecule has 2 rings (SSSR count). The van der Waals surface area contributed by atoms with Crippen LogP contribution in [-0.2, 0) is 4.79 Å². The second-order valence-electron chi connectivity index (χ2n) is 7.39. The lowest BCUT2D eigenvalue weighted by Crippen LogP contribution is -2.45. The Labute approximate surface area is 156 Å². The summed E-state index contributed by atoms with van der Waals surface area (Å²) in [7, 11) is 2.11. The third-order valence-electron chi connectivity index (χ3n) is 5.63. The van der Waals surface area contributed by atoms with Gasteiger partial charge in [0.25, 0.3) is 0 Å². The lowest BCUT2D eigenvalue weighted by Gasteiger charge is -2.38. The van der Waals surface area contributed by atoms with Crippen LogP contribution in [0, 0.1) is 5.41 Å². The summed E-state index contributed by atoms with van der Waals surface area (Å²) in [6, 6.07) is 10.7. The Kier molecular flexibility index (Phi) is 7.87. The molecule has 26 heavy (non-hydrogen) atoms. The topological polar surface area (TPSA) is 84.2 Å². The standard InChI is InChI=1S/C20H32N2O4/c1-21(17-6-3-2-4-7-17)18-9-12-22(13-10-18)19(26)8-5-11-20(14-23,15-24)16-25/h2-4,6-7,18,23-25H,5,8-16H2,1H3. The summed E-state index contributed by atoms with van der Waals surface area (Å²) < 4.78 is 0. The number of carbonyl (C=O) groups excluding carboxylic acids is 1. The second-order valence-corrected chi connectivity index (χ2v) is 7.39. The summed E-state index contributed by atoms with van der Waals surface area (Å²) in [6.45, 7) is 0.694. The number of aliphatic hydroxyl groups excluding tert-OH is 3. The van der Waals surface area contributed by atoms with E-state index in [4.69, 9.17) is 0 Å². The number of hydrogen-bond acceptors (Lipinski definition) is 5. The van der Waals surface area contributed by atoms with Gasteiger partial charge in [-0.3, -0.25) is 4.79 Å². The van der Waals surface area contributed by atoms with Crippen LogP contribution in [0.4, 0.5) is 5.69 Å². The van der Waals surface area contributed by atoms with Crippen molar-refractivity contribution in [2.45, 2.75) is 38.1 Å². The average Bonchev–Trinajstić information content (AvgIpc) is 2.71. The second kappa shape index (κ2) is 9.90. The number of aliphatic hydroxyl groups is 3. The maximum atomic E-state index is 12.4. The molecule has 1 aromatic carbocycles. The highest BCUT2D eigenvalue weighted by atomic mass is 16.3. The van der Waals surface area contributed by atoms with Gasteiger partial charge in [0.15, 0.2) is 0 Å². The first-order chi connectivity index (χ1) is 12.5. The normalized spacial score (nSPS) is 15.9. The molecule has 1 aliphatic rings. The molecule has 0 spiro atoms. The van der Waals surface area contributed by atoms with Crippen molar-refractivity contribution in [1.82, 2.24) is 4.90 Å². The summed E-state index contributed by atoms with van der Waals surface area (Å²) in [6.07, 6.45) is 3.29. The van der Waals surface area contributed by atoms with Gasteiger partial charge in [0.1, 0.15) is 0 Å². The highest BCUT2D eigenvalue weighted by Gasteiger charge is 2.29. The fraction of sp³-hybridized carbons (Fsp3) is 0.650. The van der Waals surface area contributed by atoms with Gasteiger partial charge in [0, 0.05) is 43.7 Å². The van der Waals surface area contributed by atoms with Gasteiger partial charge in [-0.05, 0) is 37.8 Å². The Morgan fingerprint density at radius 1 is 1.12 bits per heavy atom. The molecule has 0 bridgehead atoms. The molecule has 1 heterocycles. The van der Waals surface area contributed by atoms with Crippen LogP contribution >= 0.6 is 0 Å². The lowest BCUT2D eigenvalue weighted by molar-refractivity contribution is -0.132. The quantitative estimate of drug-likeness (QED) is 0.614. The minimum atomic E-state index is -0.883. The van der Waals surface area contributed by atoms with Crippen LogP contribution in [0.15, 0.2) is 30.3 Å². The zero-order chi connectivity index (χ0) is 19.0. The van der Waals surface area contributed by atoms with E-state index in [1.165, 1.54) is 5.69 Å². The van der Waals surface area contributed by atoms with Crippen LogP contribution in [-0.4, -0.2) is 72.1 Å². The Morgan fingerprint density at radius 2 is 1.69 bits per heavy atom. The summed E-state index contributed by atoms with van der Waals surface area (Å²) >= 11 is 0. The van der Waals surface area contributed by atoms with E-state index in [2.05, 4.69) is 24.1 Å². The van der Waals surface area contributed by atoms with Crippen LogP contribution < -0.4 is 4.90 Å². The molecule has 3 N–H and O–H groups in total. The van der Waals surface area contributed by atoms with Gasteiger partial charge in [0.05, 0.1) is 19.8 Å². The molecule has 146 valence electrons. The molecule has 6 heteroatoms. The van der Waals surface area contributed by atoms with Crippen molar-refractivity contribution in [2.75, 3.05) is 44.9 Å². The minimum Gasteiger partial charge on any atom is -0.396 e. The van der Waals surface area contributed by atoms with E-state index in [-0.39, 0.29) is 25.7 Å². The smallest absolute Gasteiger partial charge is 0.222 e. The molecule has 0 aromatic heterocycles. The van der Waals surface area contributed by atoms with Crippen LogP contribution in [0.1, 0.15) is 32.1 Å². The van der Waals surface area contributed by atoms with Crippen LogP contribution in [0.25, 0.3) is 0 Å². The predicted octanol–water partition coefficient (Wildman–Crippen LogP) is 1.25. The Morgan fingerprint density at radius 3 is 2.23 bits per heavy atom. The van der Waals surface area contributed by atoms with Crippen molar-refractivity contribution in [2.24, 2.45) is 5.41 Å². The van der Waals surface area contributed by atoms with Gasteiger partial charge in [-0.25, -0.2) is 0 Å². The zero-order valence-electron chi connectivity index (χ0n) is 15.7. The van der Waals surface area contributed by atoms with E-state index in [0.717, 1.165) is 25.9 Å². The molecule has 0 unspecified atom stereocenters. The monoisotopic (exact) mass is 364 g/mol. The molecule has 1 aliphatic heterocycles. The molecule has 1 aromatic rings. The molecule has 0 aliphatic carbocycles. The molecule has 1 fully saturated rings. The third kappa shape index (κ3) is 5.19. The molecule has 6 nitrogen and oxygen atoms in total. The number of carbonyl (C=O) groups is 1. The number of anilines is 1. The van der Waals surface area contributed by atoms with Crippen LogP contribution in [0.2, 0.25) is 0 Å². The first-order valence-electron chi connectivity index (χ1n) is 9.43. The summed E-state index contributed by atoms with van der Waals surface area (Å²) in [5.41, 5.74) is 0.316. The van der Waals surface area contributed by atoms with Gasteiger partial charge in [-0.15, -0.1) is 0 Å². The number of nitrogens with zero attached hydrogens (tertiary/aromatic N) is 2. The molecule has 1 saturated heterocycles. The van der Waals surface area contributed by atoms with Gasteiger partial charge in [0.2, 0.25) is 5.91 Å². The first kappa shape index (κ1) is 20.7. The van der Waals surface area contributed by atoms with Crippen molar-refractivity contribution in [1.29, 1.82) is 0 Å². The molecule has 1 amide bonds. The molecule has 0 radical (unpaired) electrons. The SMILES string of the molecule is CN(c1ccccc1)C1CCN(C(=O)CCCC(CO)(CO)CO)CC1. The van der Waals surface area contributed by atoms with Crippen molar-refractivity contribution in [3.63, 3.8) is 0 Å². The minimum absolute atomic E-state index is 0.119.